The van der Waals surface area contributed by atoms with Crippen LogP contribution in [-0.2, 0) is 13.6 Å². The molecule has 2 aromatic heterocycles. The van der Waals surface area contributed by atoms with E-state index in [1.165, 1.54) is 0 Å². The molecule has 0 fully saturated rings. The van der Waals surface area contributed by atoms with Crippen molar-refractivity contribution in [2.75, 3.05) is 0 Å². The zero-order valence-electron chi connectivity index (χ0n) is 12.4. The molecule has 0 radical (unpaired) electrons. The molecule has 22 heavy (non-hydrogen) atoms. The fraction of sp³-hybridized carbons (Fsp3) is 0.111. The number of pyridine rings is 1. The van der Waals surface area contributed by atoms with Crippen LogP contribution in [0.5, 0.6) is 0 Å². The summed E-state index contributed by atoms with van der Waals surface area (Å²) in [6, 6.07) is 15.7. The second-order valence-electron chi connectivity index (χ2n) is 5.13. The Balaban J connectivity index is 1.65. The third kappa shape index (κ3) is 3.06. The van der Waals surface area contributed by atoms with Crippen LogP contribution in [0.25, 0.3) is 11.1 Å². The minimum atomic E-state index is -0.0659. The van der Waals surface area contributed by atoms with Gasteiger partial charge in [-0.2, -0.15) is 0 Å². The summed E-state index contributed by atoms with van der Waals surface area (Å²) in [5.74, 6) is -0.0659. The minimum Gasteiger partial charge on any atom is -0.347 e. The van der Waals surface area contributed by atoms with E-state index < -0.39 is 0 Å². The van der Waals surface area contributed by atoms with Crippen molar-refractivity contribution in [3.63, 3.8) is 0 Å². The van der Waals surface area contributed by atoms with Gasteiger partial charge in [0.15, 0.2) is 0 Å². The predicted molar refractivity (Wildman–Crippen MR) is 86.3 cm³/mol. The average Bonchev–Trinajstić information content (AvgIpc) is 3.00. The standard InChI is InChI=1S/C18H17N3O/c1-21-11-3-5-17(21)18(22)20-12-14-6-8-15(9-7-14)16-4-2-10-19-13-16/h2-11,13H,12H2,1H3,(H,20,22). The molecule has 0 unspecified atom stereocenters. The molecular formula is C18H17N3O. The van der Waals surface area contributed by atoms with Crippen LogP contribution in [0, 0.1) is 0 Å². The second kappa shape index (κ2) is 6.26. The molecule has 4 nitrogen and oxygen atoms in total. The molecule has 0 spiro atoms. The normalized spacial score (nSPS) is 10.4. The number of aryl methyl sites for hydroxylation is 1. The van der Waals surface area contributed by atoms with Crippen LogP contribution in [0.15, 0.2) is 67.1 Å². The van der Waals surface area contributed by atoms with Gasteiger partial charge >= 0.3 is 0 Å². The molecule has 1 aromatic carbocycles. The molecule has 1 N–H and O–H groups in total. The Morgan fingerprint density at radius 3 is 2.55 bits per heavy atom. The summed E-state index contributed by atoms with van der Waals surface area (Å²) < 4.78 is 1.81. The number of carbonyl (C=O) groups excluding carboxylic acids is 1. The highest BCUT2D eigenvalue weighted by molar-refractivity contribution is 5.92. The van der Waals surface area contributed by atoms with Gasteiger partial charge in [-0.25, -0.2) is 0 Å². The lowest BCUT2D eigenvalue weighted by molar-refractivity contribution is 0.0943. The highest BCUT2D eigenvalue weighted by Crippen LogP contribution is 2.18. The quantitative estimate of drug-likeness (QED) is 0.803. The maximum absolute atomic E-state index is 12.0. The first-order valence-corrected chi connectivity index (χ1v) is 7.13. The largest absolute Gasteiger partial charge is 0.347 e. The number of nitrogens with one attached hydrogen (secondary N) is 1. The Hall–Kier alpha value is -2.88. The molecule has 2 heterocycles. The number of carbonyl (C=O) groups is 1. The van der Waals surface area contributed by atoms with Crippen LogP contribution in [-0.4, -0.2) is 15.5 Å². The first-order chi connectivity index (χ1) is 10.7. The zero-order valence-corrected chi connectivity index (χ0v) is 12.4. The number of hydrogen-bond donors (Lipinski definition) is 1. The molecule has 0 aliphatic heterocycles. The molecule has 0 bridgehead atoms. The van der Waals surface area contributed by atoms with Crippen molar-refractivity contribution in [1.82, 2.24) is 14.9 Å². The van der Waals surface area contributed by atoms with Crippen LogP contribution in [0.3, 0.4) is 0 Å². The van der Waals surface area contributed by atoms with Crippen LogP contribution in [0.1, 0.15) is 16.1 Å². The van der Waals surface area contributed by atoms with Gasteiger partial charge in [0.05, 0.1) is 0 Å². The van der Waals surface area contributed by atoms with Gasteiger partial charge in [-0.3, -0.25) is 9.78 Å². The van der Waals surface area contributed by atoms with Crippen molar-refractivity contribution in [2.24, 2.45) is 7.05 Å². The molecule has 0 aliphatic carbocycles. The number of amides is 1. The molecule has 0 aliphatic rings. The lowest BCUT2D eigenvalue weighted by Gasteiger charge is -2.07. The van der Waals surface area contributed by atoms with Gasteiger partial charge in [0.25, 0.3) is 5.91 Å². The van der Waals surface area contributed by atoms with E-state index >= 15 is 0 Å². The number of hydrogen-bond acceptors (Lipinski definition) is 2. The van der Waals surface area contributed by atoms with Gasteiger partial charge in [-0.15, -0.1) is 0 Å². The van der Waals surface area contributed by atoms with E-state index in [2.05, 4.69) is 10.3 Å². The van der Waals surface area contributed by atoms with Crippen LogP contribution in [0.2, 0.25) is 0 Å². The van der Waals surface area contributed by atoms with Crippen LogP contribution in [0.4, 0.5) is 0 Å². The van der Waals surface area contributed by atoms with E-state index in [0.29, 0.717) is 12.2 Å². The summed E-state index contributed by atoms with van der Waals surface area (Å²) in [7, 11) is 1.86. The zero-order chi connectivity index (χ0) is 15.4. The molecular weight excluding hydrogens is 274 g/mol. The first-order valence-electron chi connectivity index (χ1n) is 7.13. The average molecular weight is 291 g/mol. The Bertz CT molecular complexity index is 761. The van der Waals surface area contributed by atoms with Crippen molar-refractivity contribution in [3.05, 3.63) is 78.4 Å². The SMILES string of the molecule is Cn1cccc1C(=O)NCc1ccc(-c2cccnc2)cc1. The van der Waals surface area contributed by atoms with Crippen molar-refractivity contribution in [3.8, 4) is 11.1 Å². The predicted octanol–water partition coefficient (Wildman–Crippen LogP) is 3.02. The Kier molecular flexibility index (Phi) is 4.01. The highest BCUT2D eigenvalue weighted by atomic mass is 16.1. The van der Waals surface area contributed by atoms with E-state index in [4.69, 9.17) is 0 Å². The second-order valence-corrected chi connectivity index (χ2v) is 5.13. The summed E-state index contributed by atoms with van der Waals surface area (Å²) in [6.45, 7) is 0.511. The molecule has 0 atom stereocenters. The van der Waals surface area contributed by atoms with Crippen LogP contribution < -0.4 is 5.32 Å². The van der Waals surface area contributed by atoms with Gasteiger partial charge < -0.3 is 9.88 Å². The van der Waals surface area contributed by atoms with E-state index in [1.54, 1.807) is 16.8 Å². The molecule has 3 aromatic rings. The van der Waals surface area contributed by atoms with Crippen molar-refractivity contribution in [2.45, 2.75) is 6.54 Å². The molecule has 0 saturated carbocycles. The molecule has 110 valence electrons. The highest BCUT2D eigenvalue weighted by Gasteiger charge is 2.08. The molecule has 0 saturated heterocycles. The number of benzene rings is 1. The molecule has 3 rings (SSSR count). The van der Waals surface area contributed by atoms with Crippen molar-refractivity contribution < 1.29 is 4.79 Å². The van der Waals surface area contributed by atoms with Crippen molar-refractivity contribution in [1.29, 1.82) is 0 Å². The van der Waals surface area contributed by atoms with Gasteiger partial charge in [0.1, 0.15) is 5.69 Å². The maximum Gasteiger partial charge on any atom is 0.268 e. The van der Waals surface area contributed by atoms with E-state index in [9.17, 15) is 4.79 Å². The summed E-state index contributed by atoms with van der Waals surface area (Å²) >= 11 is 0. The smallest absolute Gasteiger partial charge is 0.268 e. The topological polar surface area (TPSA) is 46.9 Å². The summed E-state index contributed by atoms with van der Waals surface area (Å²) in [4.78, 5) is 16.2. The third-order valence-electron chi connectivity index (χ3n) is 3.58. The first kappa shape index (κ1) is 14.1. The van der Waals surface area contributed by atoms with E-state index in [1.807, 2.05) is 61.9 Å². The third-order valence-corrected chi connectivity index (χ3v) is 3.58. The summed E-state index contributed by atoms with van der Waals surface area (Å²) in [5.41, 5.74) is 3.93. The van der Waals surface area contributed by atoms with E-state index in [0.717, 1.165) is 16.7 Å². The number of nitrogens with zero attached hydrogens (tertiary/aromatic N) is 2. The number of aromatic nitrogens is 2. The molecule has 4 heteroatoms. The lowest BCUT2D eigenvalue weighted by Crippen LogP contribution is -2.24. The fourth-order valence-corrected chi connectivity index (χ4v) is 2.32. The summed E-state index contributed by atoms with van der Waals surface area (Å²) in [5, 5.41) is 2.93. The monoisotopic (exact) mass is 291 g/mol. The number of rotatable bonds is 4. The van der Waals surface area contributed by atoms with Crippen molar-refractivity contribution >= 4 is 5.91 Å². The Labute approximate surface area is 129 Å². The van der Waals surface area contributed by atoms with Gasteiger partial charge in [0.2, 0.25) is 0 Å². The Morgan fingerprint density at radius 1 is 1.09 bits per heavy atom. The van der Waals surface area contributed by atoms with Gasteiger partial charge in [-0.1, -0.05) is 30.3 Å². The van der Waals surface area contributed by atoms with Gasteiger partial charge in [0, 0.05) is 32.2 Å². The molecule has 1 amide bonds. The lowest BCUT2D eigenvalue weighted by atomic mass is 10.1. The summed E-state index contributed by atoms with van der Waals surface area (Å²) in [6.07, 6.45) is 5.46. The Morgan fingerprint density at radius 2 is 1.91 bits per heavy atom. The minimum absolute atomic E-state index is 0.0659. The maximum atomic E-state index is 12.0. The van der Waals surface area contributed by atoms with E-state index in [-0.39, 0.29) is 5.91 Å². The van der Waals surface area contributed by atoms with Crippen LogP contribution >= 0.6 is 0 Å². The van der Waals surface area contributed by atoms with Gasteiger partial charge in [-0.05, 0) is 34.9 Å². The fourth-order valence-electron chi connectivity index (χ4n) is 2.32.